The number of nitrogens with zero attached hydrogens (tertiary/aromatic N) is 4. The normalized spacial score (nSPS) is 18.4. The van der Waals surface area contributed by atoms with Crippen molar-refractivity contribution < 1.29 is 0 Å². The van der Waals surface area contributed by atoms with E-state index in [-0.39, 0.29) is 0 Å². The Morgan fingerprint density at radius 3 is 2.32 bits per heavy atom. The molecule has 4 nitrogen and oxygen atoms in total. The monoisotopic (exact) mass is 320 g/mol. The van der Waals surface area contributed by atoms with Gasteiger partial charge >= 0.3 is 0 Å². The third kappa shape index (κ3) is 3.27. The van der Waals surface area contributed by atoms with E-state index in [2.05, 4.69) is 23.9 Å². The lowest BCUT2D eigenvalue weighted by atomic mass is 9.96. The van der Waals surface area contributed by atoms with Crippen LogP contribution in [0.15, 0.2) is 6.20 Å². The zero-order chi connectivity index (χ0) is 15.5. The molecule has 3 rings (SSSR count). The summed E-state index contributed by atoms with van der Waals surface area (Å²) in [5, 5.41) is 4.77. The van der Waals surface area contributed by atoms with Crippen LogP contribution in [-0.2, 0) is 0 Å². The van der Waals surface area contributed by atoms with Crippen LogP contribution in [0.25, 0.3) is 5.65 Å². The SMILES string of the molecule is CC(C)c1cnn2c(Cl)nc(C3CCCCCCCC3)nc12. The summed E-state index contributed by atoms with van der Waals surface area (Å²) in [6.07, 6.45) is 12.2. The van der Waals surface area contributed by atoms with Gasteiger partial charge in [-0.25, -0.2) is 9.97 Å². The van der Waals surface area contributed by atoms with Crippen LogP contribution in [0, 0.1) is 0 Å². The molecule has 1 saturated carbocycles. The molecular formula is C17H25ClN4. The van der Waals surface area contributed by atoms with Crippen molar-refractivity contribution in [1.82, 2.24) is 19.6 Å². The fourth-order valence-electron chi connectivity index (χ4n) is 3.36. The molecule has 0 N–H and O–H groups in total. The van der Waals surface area contributed by atoms with E-state index >= 15 is 0 Å². The standard InChI is InChI=1S/C17H25ClN4/c1-12(2)14-11-19-22-16(14)20-15(21-17(22)18)13-9-7-5-3-4-6-8-10-13/h11-13H,3-10H2,1-2H3. The van der Waals surface area contributed by atoms with E-state index in [0.717, 1.165) is 17.0 Å². The summed E-state index contributed by atoms with van der Waals surface area (Å²) in [5.74, 6) is 1.74. The van der Waals surface area contributed by atoms with Gasteiger partial charge in [-0.1, -0.05) is 52.4 Å². The first-order valence-corrected chi connectivity index (χ1v) is 8.95. The molecule has 1 aliphatic rings. The maximum absolute atomic E-state index is 6.35. The third-order valence-electron chi connectivity index (χ3n) is 4.72. The number of aromatic nitrogens is 4. The zero-order valence-corrected chi connectivity index (χ0v) is 14.3. The first kappa shape index (κ1) is 15.7. The van der Waals surface area contributed by atoms with Gasteiger partial charge in [-0.15, -0.1) is 0 Å². The van der Waals surface area contributed by atoms with Crippen molar-refractivity contribution in [3.8, 4) is 0 Å². The first-order valence-electron chi connectivity index (χ1n) is 8.58. The van der Waals surface area contributed by atoms with Gasteiger partial charge in [0.2, 0.25) is 5.28 Å². The second-order valence-corrected chi connectivity index (χ2v) is 7.07. The summed E-state index contributed by atoms with van der Waals surface area (Å²) < 4.78 is 1.66. The Morgan fingerprint density at radius 2 is 1.68 bits per heavy atom. The molecule has 2 aromatic rings. The van der Waals surface area contributed by atoms with E-state index in [1.165, 1.54) is 51.4 Å². The van der Waals surface area contributed by atoms with Crippen LogP contribution < -0.4 is 0 Å². The Kier molecular flexibility index (Phi) is 4.97. The summed E-state index contributed by atoms with van der Waals surface area (Å²) in [7, 11) is 0. The second-order valence-electron chi connectivity index (χ2n) is 6.74. The van der Waals surface area contributed by atoms with Crippen LogP contribution >= 0.6 is 11.6 Å². The van der Waals surface area contributed by atoms with E-state index in [1.807, 2.05) is 6.20 Å². The predicted molar refractivity (Wildman–Crippen MR) is 89.6 cm³/mol. The van der Waals surface area contributed by atoms with Gasteiger partial charge in [0.05, 0.1) is 6.20 Å². The highest BCUT2D eigenvalue weighted by Gasteiger charge is 2.20. The molecule has 0 spiro atoms. The van der Waals surface area contributed by atoms with Crippen molar-refractivity contribution in [2.24, 2.45) is 0 Å². The van der Waals surface area contributed by atoms with Gasteiger partial charge in [0.25, 0.3) is 0 Å². The summed E-state index contributed by atoms with van der Waals surface area (Å²) in [6.45, 7) is 4.32. The van der Waals surface area contributed by atoms with E-state index < -0.39 is 0 Å². The molecule has 0 unspecified atom stereocenters. The maximum Gasteiger partial charge on any atom is 0.227 e. The molecule has 0 radical (unpaired) electrons. The van der Waals surface area contributed by atoms with Gasteiger partial charge in [-0.05, 0) is 30.4 Å². The number of hydrogen-bond donors (Lipinski definition) is 0. The minimum atomic E-state index is 0.386. The first-order chi connectivity index (χ1) is 10.7. The number of fused-ring (bicyclic) bond motifs is 1. The van der Waals surface area contributed by atoms with E-state index in [0.29, 0.717) is 17.1 Å². The minimum Gasteiger partial charge on any atom is -0.213 e. The quantitative estimate of drug-likeness (QED) is 0.771. The highest BCUT2D eigenvalue weighted by atomic mass is 35.5. The number of halogens is 1. The number of hydrogen-bond acceptors (Lipinski definition) is 3. The van der Waals surface area contributed by atoms with Gasteiger partial charge in [-0.3, -0.25) is 0 Å². The molecule has 2 aromatic heterocycles. The molecule has 0 aromatic carbocycles. The Morgan fingerprint density at radius 1 is 1.05 bits per heavy atom. The average Bonchev–Trinajstić information content (AvgIpc) is 2.96. The Labute approximate surface area is 137 Å². The highest BCUT2D eigenvalue weighted by Crippen LogP contribution is 2.30. The maximum atomic E-state index is 6.35. The van der Waals surface area contributed by atoms with Crippen molar-refractivity contribution in [1.29, 1.82) is 0 Å². The molecule has 0 saturated heterocycles. The molecule has 0 aliphatic heterocycles. The molecule has 0 amide bonds. The van der Waals surface area contributed by atoms with Gasteiger partial charge in [0.15, 0.2) is 5.65 Å². The highest BCUT2D eigenvalue weighted by molar-refractivity contribution is 6.28. The third-order valence-corrected chi connectivity index (χ3v) is 4.96. The summed E-state index contributed by atoms with van der Waals surface area (Å²) in [6, 6.07) is 0. The molecule has 22 heavy (non-hydrogen) atoms. The van der Waals surface area contributed by atoms with Crippen LogP contribution in [-0.4, -0.2) is 19.6 Å². The van der Waals surface area contributed by atoms with Gasteiger partial charge in [0.1, 0.15) is 5.82 Å². The van der Waals surface area contributed by atoms with Crippen molar-refractivity contribution in [3.63, 3.8) is 0 Å². The fourth-order valence-corrected chi connectivity index (χ4v) is 3.57. The van der Waals surface area contributed by atoms with Crippen LogP contribution in [0.3, 0.4) is 0 Å². The molecule has 1 aliphatic carbocycles. The lowest BCUT2D eigenvalue weighted by molar-refractivity contribution is 0.514. The van der Waals surface area contributed by atoms with E-state index in [4.69, 9.17) is 16.6 Å². The molecule has 2 heterocycles. The van der Waals surface area contributed by atoms with Crippen molar-refractivity contribution in [3.05, 3.63) is 22.9 Å². The van der Waals surface area contributed by atoms with Crippen molar-refractivity contribution >= 4 is 17.2 Å². The molecule has 0 atom stereocenters. The lowest BCUT2D eigenvalue weighted by Gasteiger charge is -2.15. The topological polar surface area (TPSA) is 43.1 Å². The second kappa shape index (κ2) is 6.95. The lowest BCUT2D eigenvalue weighted by Crippen LogP contribution is -2.09. The van der Waals surface area contributed by atoms with Crippen LogP contribution in [0.4, 0.5) is 0 Å². The summed E-state index contributed by atoms with van der Waals surface area (Å²) in [4.78, 5) is 9.40. The zero-order valence-electron chi connectivity index (χ0n) is 13.6. The Balaban J connectivity index is 1.96. The Hall–Kier alpha value is -1.16. The smallest absolute Gasteiger partial charge is 0.213 e. The molecule has 5 heteroatoms. The van der Waals surface area contributed by atoms with Gasteiger partial charge < -0.3 is 0 Å². The minimum absolute atomic E-state index is 0.386. The molecule has 0 bridgehead atoms. The Bertz CT molecular complexity index is 625. The predicted octanol–water partition coefficient (Wildman–Crippen LogP) is 5.12. The van der Waals surface area contributed by atoms with Crippen LogP contribution in [0.1, 0.15) is 88.4 Å². The molecular weight excluding hydrogens is 296 g/mol. The van der Waals surface area contributed by atoms with E-state index in [1.54, 1.807) is 4.52 Å². The van der Waals surface area contributed by atoms with Crippen molar-refractivity contribution in [2.45, 2.75) is 77.0 Å². The van der Waals surface area contributed by atoms with Crippen LogP contribution in [0.5, 0.6) is 0 Å². The van der Waals surface area contributed by atoms with Crippen molar-refractivity contribution in [2.75, 3.05) is 0 Å². The number of rotatable bonds is 2. The molecule has 1 fully saturated rings. The largest absolute Gasteiger partial charge is 0.227 e. The van der Waals surface area contributed by atoms with Gasteiger partial charge in [0, 0.05) is 11.5 Å². The molecule has 120 valence electrons. The fraction of sp³-hybridized carbons (Fsp3) is 0.706. The van der Waals surface area contributed by atoms with E-state index in [9.17, 15) is 0 Å². The van der Waals surface area contributed by atoms with Gasteiger partial charge in [-0.2, -0.15) is 9.61 Å². The summed E-state index contributed by atoms with van der Waals surface area (Å²) in [5.41, 5.74) is 2.03. The summed E-state index contributed by atoms with van der Waals surface area (Å²) >= 11 is 6.35. The average molecular weight is 321 g/mol. The van der Waals surface area contributed by atoms with Crippen LogP contribution in [0.2, 0.25) is 5.28 Å².